The number of anilines is 1. The van der Waals surface area contributed by atoms with Crippen LogP contribution >= 0.6 is 22.9 Å². The van der Waals surface area contributed by atoms with Crippen molar-refractivity contribution in [3.8, 4) is 17.2 Å². The van der Waals surface area contributed by atoms with Gasteiger partial charge in [0.2, 0.25) is 29.4 Å². The van der Waals surface area contributed by atoms with Crippen LogP contribution in [0.15, 0.2) is 65.6 Å². The predicted molar refractivity (Wildman–Crippen MR) is 177 cm³/mol. The van der Waals surface area contributed by atoms with Crippen LogP contribution in [0.5, 0.6) is 17.2 Å². The van der Waals surface area contributed by atoms with Crippen LogP contribution in [0.25, 0.3) is 6.08 Å². The van der Waals surface area contributed by atoms with Crippen LogP contribution in [0, 0.1) is 40.8 Å². The molecule has 3 heterocycles. The largest absolute Gasteiger partial charge is 0.502 e. The van der Waals surface area contributed by atoms with Crippen LogP contribution in [0.2, 0.25) is 5.02 Å². The summed E-state index contributed by atoms with van der Waals surface area (Å²) in [5, 5.41) is 12.1. The first-order valence-corrected chi connectivity index (χ1v) is 16.8. The third-order valence-electron chi connectivity index (χ3n) is 10.5. The summed E-state index contributed by atoms with van der Waals surface area (Å²) in [4.78, 5) is 59.8. The number of hydrogen-bond donors (Lipinski definition) is 1. The third kappa shape index (κ3) is 4.77. The van der Waals surface area contributed by atoms with E-state index < -0.39 is 52.6 Å². The van der Waals surface area contributed by atoms with Crippen LogP contribution in [-0.2, 0) is 25.7 Å². The van der Waals surface area contributed by atoms with Gasteiger partial charge in [0.05, 0.1) is 54.6 Å². The molecule has 4 amide bonds. The molecule has 1 N–H and O–H groups in total. The second-order valence-electron chi connectivity index (χ2n) is 12.8. The number of phenolic OH excluding ortho intramolecular Hbond substituents is 1. The maximum atomic E-state index is 14.5. The van der Waals surface area contributed by atoms with Crippen molar-refractivity contribution < 1.29 is 38.1 Å². The van der Waals surface area contributed by atoms with E-state index in [1.165, 1.54) is 42.6 Å². The second-order valence-corrected chi connectivity index (χ2v) is 14.2. The topological polar surface area (TPSA) is 113 Å². The number of imide groups is 2. The van der Waals surface area contributed by atoms with Crippen LogP contribution in [0.1, 0.15) is 30.2 Å². The molecule has 2 aliphatic carbocycles. The number of fused-ring (bicyclic) bond motifs is 4. The Morgan fingerprint density at radius 2 is 1.77 bits per heavy atom. The van der Waals surface area contributed by atoms with Gasteiger partial charge in [-0.1, -0.05) is 41.5 Å². The molecular formula is C36H32ClFN2O7S. The number of allylic oxidation sites excluding steroid dienone is 3. The molecule has 0 bridgehead atoms. The van der Waals surface area contributed by atoms with Crippen molar-refractivity contribution in [1.29, 1.82) is 0 Å². The first-order valence-electron chi connectivity index (χ1n) is 15.5. The summed E-state index contributed by atoms with van der Waals surface area (Å²) < 4.78 is 24.8. The lowest BCUT2D eigenvalue weighted by atomic mass is 9.52. The molecule has 248 valence electrons. The van der Waals surface area contributed by atoms with E-state index >= 15 is 0 Å². The lowest BCUT2D eigenvalue weighted by Crippen LogP contribution is -2.49. The third-order valence-corrected chi connectivity index (χ3v) is 11.6. The Labute approximate surface area is 285 Å². The van der Waals surface area contributed by atoms with Gasteiger partial charge in [-0.25, -0.2) is 9.29 Å². The van der Waals surface area contributed by atoms with Gasteiger partial charge in [0.1, 0.15) is 5.82 Å². The van der Waals surface area contributed by atoms with Crippen molar-refractivity contribution >= 4 is 58.3 Å². The normalized spacial score (nSPS) is 28.1. The number of phenols is 1. The zero-order valence-electron chi connectivity index (χ0n) is 26.3. The molecule has 6 unspecified atom stereocenters. The van der Waals surface area contributed by atoms with Crippen LogP contribution in [-0.4, -0.2) is 47.9 Å². The Morgan fingerprint density at radius 3 is 2.42 bits per heavy atom. The van der Waals surface area contributed by atoms with E-state index in [4.69, 9.17) is 21.1 Å². The molecule has 0 radical (unpaired) electrons. The number of ether oxygens (including phenoxy) is 2. The highest BCUT2D eigenvalue weighted by molar-refractivity contribution is 7.09. The summed E-state index contributed by atoms with van der Waals surface area (Å²) in [5.74, 6) is -5.11. The monoisotopic (exact) mass is 690 g/mol. The molecule has 1 aromatic heterocycles. The molecule has 2 saturated heterocycles. The lowest BCUT2D eigenvalue weighted by Gasteiger charge is -2.47. The summed E-state index contributed by atoms with van der Waals surface area (Å²) >= 11 is 7.55. The minimum atomic E-state index is -1.28. The SMILES string of the molecule is COc1cc(C=CC2C3=CCC4C(=O)N(Cc5cccs5)C(=O)C4C3CC3C(=O)N(c4ccc(F)c(Cl)c4)C(=O)C23C)cc(OC)c1O. The van der Waals surface area contributed by atoms with Gasteiger partial charge in [0.15, 0.2) is 11.5 Å². The number of thiophene rings is 1. The summed E-state index contributed by atoms with van der Waals surface area (Å²) in [7, 11) is 2.84. The Morgan fingerprint density at radius 1 is 1.04 bits per heavy atom. The van der Waals surface area contributed by atoms with Crippen molar-refractivity contribution in [1.82, 2.24) is 4.90 Å². The zero-order chi connectivity index (χ0) is 34.1. The minimum Gasteiger partial charge on any atom is -0.502 e. The molecule has 7 rings (SSSR count). The molecule has 2 aromatic carbocycles. The van der Waals surface area contributed by atoms with Crippen molar-refractivity contribution in [2.24, 2.45) is 35.0 Å². The smallest absolute Gasteiger partial charge is 0.241 e. The van der Waals surface area contributed by atoms with E-state index in [1.54, 1.807) is 25.1 Å². The van der Waals surface area contributed by atoms with Crippen molar-refractivity contribution in [3.05, 3.63) is 86.9 Å². The summed E-state index contributed by atoms with van der Waals surface area (Å²) in [5.41, 5.74) is 0.304. The first-order chi connectivity index (χ1) is 23.0. The van der Waals surface area contributed by atoms with Gasteiger partial charge in [-0.2, -0.15) is 0 Å². The number of methoxy groups -OCH3 is 2. The summed E-state index contributed by atoms with van der Waals surface area (Å²) in [6.45, 7) is 1.94. The average Bonchev–Trinajstić information content (AvgIpc) is 3.73. The highest BCUT2D eigenvalue weighted by Crippen LogP contribution is 2.61. The van der Waals surface area contributed by atoms with E-state index in [-0.39, 0.29) is 52.7 Å². The molecule has 12 heteroatoms. The van der Waals surface area contributed by atoms with E-state index in [1.807, 2.05) is 29.7 Å². The van der Waals surface area contributed by atoms with Crippen LogP contribution in [0.4, 0.5) is 10.1 Å². The maximum Gasteiger partial charge on any atom is 0.241 e. The second kappa shape index (κ2) is 11.9. The quantitative estimate of drug-likeness (QED) is 0.231. The molecule has 9 nitrogen and oxygen atoms in total. The number of halogens is 2. The van der Waals surface area contributed by atoms with Crippen molar-refractivity contribution in [3.63, 3.8) is 0 Å². The number of hydrogen-bond acceptors (Lipinski definition) is 8. The van der Waals surface area contributed by atoms with Gasteiger partial charge < -0.3 is 14.6 Å². The predicted octanol–water partition coefficient (Wildman–Crippen LogP) is 6.24. The van der Waals surface area contributed by atoms with Crippen LogP contribution in [0.3, 0.4) is 0 Å². The fraction of sp³-hybridized carbons (Fsp3) is 0.333. The molecule has 6 atom stereocenters. The Kier molecular flexibility index (Phi) is 7.95. The highest BCUT2D eigenvalue weighted by Gasteiger charge is 2.66. The summed E-state index contributed by atoms with van der Waals surface area (Å²) in [6.07, 6.45) is 6.10. The number of aromatic hydroxyl groups is 1. The molecule has 0 spiro atoms. The molecule has 48 heavy (non-hydrogen) atoms. The van der Waals surface area contributed by atoms with Crippen molar-refractivity contribution in [2.75, 3.05) is 19.1 Å². The Hall–Kier alpha value is -4.48. The van der Waals surface area contributed by atoms with Gasteiger partial charge >= 0.3 is 0 Å². The van der Waals surface area contributed by atoms with Crippen molar-refractivity contribution in [2.45, 2.75) is 26.3 Å². The van der Waals surface area contributed by atoms with E-state index in [9.17, 15) is 28.7 Å². The molecule has 1 saturated carbocycles. The highest BCUT2D eigenvalue weighted by atomic mass is 35.5. The Balaban J connectivity index is 1.33. The van der Waals surface area contributed by atoms with Gasteiger partial charge in [0, 0.05) is 10.8 Å². The summed E-state index contributed by atoms with van der Waals surface area (Å²) in [6, 6.07) is 10.7. The standard InChI is InChI=1S/C36H32ClFN2O7S/c1-36-24(10-6-18-13-28(46-2)31(41)29(14-18)47-3)21-8-9-22-30(34(44)39(32(22)42)17-20-5-4-12-48-20)23(21)16-25(36)33(43)40(35(36)45)19-7-11-27(38)26(37)15-19/h4-8,10-15,22-25,30,41H,9,16-17H2,1-3H3. The minimum absolute atomic E-state index is 0.159. The van der Waals surface area contributed by atoms with Gasteiger partial charge in [-0.05, 0) is 73.0 Å². The average molecular weight is 691 g/mol. The molecule has 3 aromatic rings. The number of carbonyl (C=O) groups is 4. The van der Waals surface area contributed by atoms with Gasteiger partial charge in [-0.3, -0.25) is 24.1 Å². The van der Waals surface area contributed by atoms with Crippen LogP contribution < -0.4 is 14.4 Å². The maximum absolute atomic E-state index is 14.5. The first kappa shape index (κ1) is 32.1. The molecular weight excluding hydrogens is 659 g/mol. The number of likely N-dealkylation sites (tertiary alicyclic amines) is 1. The zero-order valence-corrected chi connectivity index (χ0v) is 27.9. The van der Waals surface area contributed by atoms with Gasteiger partial charge in [-0.15, -0.1) is 11.3 Å². The number of benzene rings is 2. The number of nitrogens with zero attached hydrogens (tertiary/aromatic N) is 2. The number of amides is 4. The fourth-order valence-corrected chi connectivity index (χ4v) is 8.95. The van der Waals surface area contributed by atoms with E-state index in [0.717, 1.165) is 21.4 Å². The fourth-order valence-electron chi connectivity index (χ4n) is 8.09. The molecule has 2 aliphatic heterocycles. The van der Waals surface area contributed by atoms with E-state index in [0.29, 0.717) is 12.0 Å². The number of carbonyl (C=O) groups excluding carboxylic acids is 4. The van der Waals surface area contributed by atoms with Gasteiger partial charge in [0.25, 0.3) is 0 Å². The number of rotatable bonds is 7. The van der Waals surface area contributed by atoms with E-state index in [2.05, 4.69) is 0 Å². The Bertz CT molecular complexity index is 1900. The lowest BCUT2D eigenvalue weighted by molar-refractivity contribution is -0.141. The molecule has 4 aliphatic rings. The molecule has 3 fully saturated rings.